The molecular formula is C10H11IN2O4. The highest BCUT2D eigenvalue weighted by Gasteiger charge is 2.12. The Kier molecular flexibility index (Phi) is 5.26. The van der Waals surface area contributed by atoms with Gasteiger partial charge in [-0.3, -0.25) is 19.0 Å². The van der Waals surface area contributed by atoms with E-state index in [1.807, 2.05) is 22.6 Å². The number of carbonyl (C=O) groups excluding carboxylic acids is 2. The molecule has 0 aliphatic carbocycles. The number of hydrogen-bond acceptors (Lipinski definition) is 5. The van der Waals surface area contributed by atoms with Crippen molar-refractivity contribution in [3.05, 3.63) is 26.4 Å². The molecule has 0 fully saturated rings. The average molecular weight is 350 g/mol. The zero-order valence-electron chi connectivity index (χ0n) is 9.18. The topological polar surface area (TPSA) is 78.3 Å². The van der Waals surface area contributed by atoms with Crippen molar-refractivity contribution >= 4 is 34.3 Å². The smallest absolute Gasteiger partial charge is 0.313 e. The molecule has 0 saturated carbocycles. The van der Waals surface area contributed by atoms with Crippen LogP contribution in [0, 0.1) is 3.57 Å². The summed E-state index contributed by atoms with van der Waals surface area (Å²) in [5, 5.41) is 0. The normalized spacial score (nSPS) is 10.0. The first kappa shape index (κ1) is 13.8. The van der Waals surface area contributed by atoms with E-state index >= 15 is 0 Å². The molecule has 0 amide bonds. The lowest BCUT2D eigenvalue weighted by molar-refractivity contribution is -0.145. The third kappa shape index (κ3) is 4.25. The molecule has 0 unspecified atom stereocenters. The van der Waals surface area contributed by atoms with Gasteiger partial charge in [0.15, 0.2) is 5.78 Å². The van der Waals surface area contributed by atoms with Crippen LogP contribution in [-0.2, 0) is 20.9 Å². The Morgan fingerprint density at radius 1 is 1.53 bits per heavy atom. The van der Waals surface area contributed by atoms with E-state index in [1.54, 1.807) is 6.92 Å². The minimum Gasteiger partial charge on any atom is -0.466 e. The minimum absolute atomic E-state index is 0.165. The van der Waals surface area contributed by atoms with Crippen LogP contribution in [0.25, 0.3) is 0 Å². The number of ether oxygens (including phenoxy) is 1. The van der Waals surface area contributed by atoms with Crippen molar-refractivity contribution < 1.29 is 14.3 Å². The summed E-state index contributed by atoms with van der Waals surface area (Å²) in [5.41, 5.74) is -0.294. The van der Waals surface area contributed by atoms with Gasteiger partial charge in [-0.25, -0.2) is 4.98 Å². The number of rotatable bonds is 5. The maximum Gasteiger partial charge on any atom is 0.313 e. The largest absolute Gasteiger partial charge is 0.466 e. The summed E-state index contributed by atoms with van der Waals surface area (Å²) >= 11 is 1.84. The minimum atomic E-state index is -0.580. The van der Waals surface area contributed by atoms with E-state index in [4.69, 9.17) is 0 Å². The lowest BCUT2D eigenvalue weighted by Crippen LogP contribution is -2.27. The molecule has 0 N–H and O–H groups in total. The van der Waals surface area contributed by atoms with Crippen molar-refractivity contribution in [2.75, 3.05) is 6.61 Å². The first-order valence-corrected chi connectivity index (χ1v) is 5.99. The monoisotopic (exact) mass is 350 g/mol. The fourth-order valence-electron chi connectivity index (χ4n) is 1.16. The van der Waals surface area contributed by atoms with Crippen molar-refractivity contribution in [3.63, 3.8) is 0 Å². The van der Waals surface area contributed by atoms with Crippen LogP contribution >= 0.6 is 22.6 Å². The van der Waals surface area contributed by atoms with E-state index < -0.39 is 5.97 Å². The molecule has 0 aliphatic heterocycles. The van der Waals surface area contributed by atoms with E-state index in [-0.39, 0.29) is 30.9 Å². The van der Waals surface area contributed by atoms with Crippen LogP contribution < -0.4 is 5.56 Å². The van der Waals surface area contributed by atoms with Crippen LogP contribution in [0.3, 0.4) is 0 Å². The molecule has 0 atom stereocenters. The van der Waals surface area contributed by atoms with Gasteiger partial charge in [-0.1, -0.05) is 0 Å². The summed E-state index contributed by atoms with van der Waals surface area (Å²) in [6.45, 7) is 1.73. The first-order chi connectivity index (χ1) is 8.04. The number of hydrogen-bond donors (Lipinski definition) is 0. The fourth-order valence-corrected chi connectivity index (χ4v) is 1.63. The molecule has 92 valence electrons. The standard InChI is InChI=1S/C10H11IN2O4/c1-2-17-9(15)3-7(14)5-13-6-12-4-8(11)10(13)16/h4,6H,2-3,5H2,1H3. The summed E-state index contributed by atoms with van der Waals surface area (Å²) in [5.74, 6) is -0.960. The van der Waals surface area contributed by atoms with Crippen LogP contribution in [0.15, 0.2) is 17.3 Å². The summed E-state index contributed by atoms with van der Waals surface area (Å²) in [7, 11) is 0. The second kappa shape index (κ2) is 6.48. The second-order valence-corrected chi connectivity index (χ2v) is 4.36. The van der Waals surface area contributed by atoms with Crippen molar-refractivity contribution in [1.82, 2.24) is 9.55 Å². The molecule has 0 aromatic carbocycles. The van der Waals surface area contributed by atoms with Gasteiger partial charge in [0.05, 0.1) is 23.0 Å². The van der Waals surface area contributed by atoms with Gasteiger partial charge >= 0.3 is 5.97 Å². The number of esters is 1. The first-order valence-electron chi connectivity index (χ1n) is 4.92. The van der Waals surface area contributed by atoms with Crippen LogP contribution in [0.1, 0.15) is 13.3 Å². The molecule has 0 bridgehead atoms. The number of carbonyl (C=O) groups is 2. The van der Waals surface area contributed by atoms with Crippen molar-refractivity contribution in [2.45, 2.75) is 19.9 Å². The molecule has 0 radical (unpaired) electrons. The SMILES string of the molecule is CCOC(=O)CC(=O)Cn1cncc(I)c1=O. The van der Waals surface area contributed by atoms with E-state index in [0.717, 1.165) is 0 Å². The van der Waals surface area contributed by atoms with Crippen LogP contribution in [-0.4, -0.2) is 27.9 Å². The molecule has 1 aromatic heterocycles. The Balaban J connectivity index is 2.66. The predicted molar refractivity (Wildman–Crippen MR) is 67.5 cm³/mol. The summed E-state index contributed by atoms with van der Waals surface area (Å²) in [4.78, 5) is 37.9. The zero-order chi connectivity index (χ0) is 12.8. The highest BCUT2D eigenvalue weighted by atomic mass is 127. The van der Waals surface area contributed by atoms with E-state index in [1.165, 1.54) is 17.1 Å². The molecule has 7 heteroatoms. The molecule has 1 rings (SSSR count). The lowest BCUT2D eigenvalue weighted by Gasteiger charge is -2.04. The number of halogens is 1. The van der Waals surface area contributed by atoms with Gasteiger partial charge in [-0.05, 0) is 29.5 Å². The summed E-state index contributed by atoms with van der Waals surface area (Å²) in [6.07, 6.45) is 2.36. The maximum atomic E-state index is 11.6. The van der Waals surface area contributed by atoms with Gasteiger partial charge in [-0.15, -0.1) is 0 Å². The second-order valence-electron chi connectivity index (χ2n) is 3.20. The highest BCUT2D eigenvalue weighted by molar-refractivity contribution is 14.1. The van der Waals surface area contributed by atoms with E-state index in [0.29, 0.717) is 3.57 Å². The number of nitrogens with zero attached hydrogens (tertiary/aromatic N) is 2. The summed E-state index contributed by atoms with van der Waals surface area (Å²) < 4.78 is 6.23. The quantitative estimate of drug-likeness (QED) is 0.436. The van der Waals surface area contributed by atoms with Crippen molar-refractivity contribution in [2.24, 2.45) is 0 Å². The molecule has 0 saturated heterocycles. The maximum absolute atomic E-state index is 11.6. The Hall–Kier alpha value is -1.25. The van der Waals surface area contributed by atoms with Crippen LogP contribution in [0.5, 0.6) is 0 Å². The van der Waals surface area contributed by atoms with E-state index in [9.17, 15) is 14.4 Å². The third-order valence-corrected chi connectivity index (χ3v) is 2.59. The van der Waals surface area contributed by atoms with Gasteiger partial charge in [0.1, 0.15) is 6.42 Å². The fraction of sp³-hybridized carbons (Fsp3) is 0.400. The predicted octanol–water partition coefficient (Wildman–Crippen LogP) is 0.370. The highest BCUT2D eigenvalue weighted by Crippen LogP contribution is 1.95. The zero-order valence-corrected chi connectivity index (χ0v) is 11.3. The molecule has 0 spiro atoms. The van der Waals surface area contributed by atoms with E-state index in [2.05, 4.69) is 9.72 Å². The number of ketones is 1. The van der Waals surface area contributed by atoms with Crippen molar-refractivity contribution in [3.8, 4) is 0 Å². The number of Topliss-reactive ketones (excluding diaryl/α,β-unsaturated/α-hetero) is 1. The Labute approximate surface area is 111 Å². The molecular weight excluding hydrogens is 339 g/mol. The lowest BCUT2D eigenvalue weighted by atomic mass is 10.3. The van der Waals surface area contributed by atoms with Crippen LogP contribution in [0.2, 0.25) is 0 Å². The molecule has 1 aromatic rings. The Bertz CT molecular complexity index is 483. The van der Waals surface area contributed by atoms with Gasteiger partial charge < -0.3 is 4.74 Å². The number of aromatic nitrogens is 2. The van der Waals surface area contributed by atoms with Gasteiger partial charge in [0, 0.05) is 6.20 Å². The van der Waals surface area contributed by atoms with Crippen LogP contribution in [0.4, 0.5) is 0 Å². The Morgan fingerprint density at radius 3 is 2.88 bits per heavy atom. The molecule has 0 aliphatic rings. The molecule has 6 nitrogen and oxygen atoms in total. The van der Waals surface area contributed by atoms with Gasteiger partial charge in [-0.2, -0.15) is 0 Å². The average Bonchev–Trinajstić information content (AvgIpc) is 2.25. The third-order valence-electron chi connectivity index (χ3n) is 1.85. The van der Waals surface area contributed by atoms with Gasteiger partial charge in [0.2, 0.25) is 0 Å². The van der Waals surface area contributed by atoms with Crippen molar-refractivity contribution in [1.29, 1.82) is 0 Å². The van der Waals surface area contributed by atoms with Gasteiger partial charge in [0.25, 0.3) is 5.56 Å². The summed E-state index contributed by atoms with van der Waals surface area (Å²) in [6, 6.07) is 0. The Morgan fingerprint density at radius 2 is 2.24 bits per heavy atom. The molecule has 1 heterocycles. The molecule has 17 heavy (non-hydrogen) atoms.